The average Bonchev–Trinajstić information content (AvgIpc) is 2.03. The molecule has 0 unspecified atom stereocenters. The van der Waals surface area contributed by atoms with Crippen molar-refractivity contribution in [3.05, 3.63) is 22.2 Å². The third kappa shape index (κ3) is 1.16. The molecule has 0 saturated carbocycles. The number of nitrogens with one attached hydrogen (secondary N) is 3. The largest absolute Gasteiger partial charge is 0.358 e. The molecule has 0 bridgehead atoms. The van der Waals surface area contributed by atoms with Gasteiger partial charge < -0.3 is 10.6 Å². The molecular formula is C6H6N4OS. The van der Waals surface area contributed by atoms with Gasteiger partial charge in [0.1, 0.15) is 5.82 Å². The predicted octanol–water partition coefficient (Wildman–Crippen LogP) is -0.430. The summed E-state index contributed by atoms with van der Waals surface area (Å²) in [7, 11) is 0. The average molecular weight is 182 g/mol. The summed E-state index contributed by atoms with van der Waals surface area (Å²) in [6, 6.07) is 0. The van der Waals surface area contributed by atoms with Crippen LogP contribution in [0.5, 0.6) is 0 Å². The second-order valence-corrected chi connectivity index (χ2v) is 2.80. The van der Waals surface area contributed by atoms with Crippen LogP contribution in [0, 0.1) is 0 Å². The van der Waals surface area contributed by atoms with Gasteiger partial charge in [-0.2, -0.15) is 0 Å². The van der Waals surface area contributed by atoms with E-state index in [1.807, 2.05) is 0 Å². The van der Waals surface area contributed by atoms with Crippen LogP contribution in [0.15, 0.2) is 11.0 Å². The molecule has 0 fully saturated rings. The molecule has 0 saturated heterocycles. The van der Waals surface area contributed by atoms with Gasteiger partial charge in [0.15, 0.2) is 5.11 Å². The molecule has 2 rings (SSSR count). The van der Waals surface area contributed by atoms with Gasteiger partial charge in [-0.15, -0.1) is 0 Å². The minimum absolute atomic E-state index is 0.369. The quantitative estimate of drug-likeness (QED) is 0.475. The lowest BCUT2D eigenvalue weighted by atomic mass is 10.3. The van der Waals surface area contributed by atoms with Gasteiger partial charge in [0, 0.05) is 18.3 Å². The lowest BCUT2D eigenvalue weighted by molar-refractivity contribution is 0.872. The van der Waals surface area contributed by atoms with Crippen molar-refractivity contribution in [1.29, 1.82) is 0 Å². The van der Waals surface area contributed by atoms with E-state index < -0.39 is 0 Å². The summed E-state index contributed by atoms with van der Waals surface area (Å²) < 4.78 is 0. The number of nitrogens with zero attached hydrogens (tertiary/aromatic N) is 1. The molecule has 0 aromatic carbocycles. The molecule has 1 aromatic heterocycles. The zero-order chi connectivity index (χ0) is 8.55. The van der Waals surface area contributed by atoms with Crippen molar-refractivity contribution in [3.8, 4) is 0 Å². The molecule has 1 aliphatic rings. The Morgan fingerprint density at radius 3 is 3.25 bits per heavy atom. The third-order valence-corrected chi connectivity index (χ3v) is 1.82. The molecule has 3 N–H and O–H groups in total. The van der Waals surface area contributed by atoms with Gasteiger partial charge in [0.25, 0.3) is 0 Å². The number of H-pyrrole nitrogens is 1. The van der Waals surface area contributed by atoms with Crippen LogP contribution in [0.1, 0.15) is 5.56 Å². The van der Waals surface area contributed by atoms with Crippen LogP contribution in [0.3, 0.4) is 0 Å². The van der Waals surface area contributed by atoms with E-state index in [0.717, 1.165) is 5.56 Å². The zero-order valence-corrected chi connectivity index (χ0v) is 6.86. The maximum atomic E-state index is 10.8. The number of fused-ring (bicyclic) bond motifs is 1. The van der Waals surface area contributed by atoms with Crippen molar-refractivity contribution >= 4 is 23.1 Å². The van der Waals surface area contributed by atoms with Crippen molar-refractivity contribution in [1.82, 2.24) is 15.3 Å². The topological polar surface area (TPSA) is 69.8 Å². The van der Waals surface area contributed by atoms with Gasteiger partial charge in [-0.3, -0.25) is 4.98 Å². The molecule has 2 heterocycles. The number of hydrogen-bond donors (Lipinski definition) is 3. The molecule has 1 aromatic rings. The van der Waals surface area contributed by atoms with Gasteiger partial charge in [-0.1, -0.05) is 0 Å². The van der Waals surface area contributed by atoms with Crippen molar-refractivity contribution in [2.24, 2.45) is 0 Å². The summed E-state index contributed by atoms with van der Waals surface area (Å²) >= 11 is 4.86. The number of aromatic amines is 1. The van der Waals surface area contributed by atoms with Crippen LogP contribution < -0.4 is 16.3 Å². The summed E-state index contributed by atoms with van der Waals surface area (Å²) in [6.07, 6.45) is 1.52. The lowest BCUT2D eigenvalue weighted by Crippen LogP contribution is -2.35. The Kier molecular flexibility index (Phi) is 1.54. The van der Waals surface area contributed by atoms with Crippen LogP contribution >= 0.6 is 12.2 Å². The van der Waals surface area contributed by atoms with Crippen LogP contribution in [0.2, 0.25) is 0 Å². The smallest absolute Gasteiger partial charge is 0.346 e. The van der Waals surface area contributed by atoms with Crippen molar-refractivity contribution in [2.75, 3.05) is 5.32 Å². The van der Waals surface area contributed by atoms with Gasteiger partial charge in [0.2, 0.25) is 0 Å². The second-order valence-electron chi connectivity index (χ2n) is 2.40. The van der Waals surface area contributed by atoms with E-state index in [2.05, 4.69) is 20.6 Å². The monoisotopic (exact) mass is 182 g/mol. The molecule has 0 aliphatic carbocycles. The van der Waals surface area contributed by atoms with Crippen molar-refractivity contribution in [3.63, 3.8) is 0 Å². The molecule has 5 nitrogen and oxygen atoms in total. The fraction of sp³-hybridized carbons (Fsp3) is 0.167. The Hall–Kier alpha value is -1.43. The van der Waals surface area contributed by atoms with Crippen molar-refractivity contribution < 1.29 is 0 Å². The van der Waals surface area contributed by atoms with Crippen LogP contribution in [-0.2, 0) is 6.54 Å². The van der Waals surface area contributed by atoms with Gasteiger partial charge in [0.05, 0.1) is 0 Å². The first kappa shape index (κ1) is 7.23. The molecule has 0 radical (unpaired) electrons. The highest BCUT2D eigenvalue weighted by atomic mass is 32.1. The lowest BCUT2D eigenvalue weighted by Gasteiger charge is -2.18. The van der Waals surface area contributed by atoms with E-state index in [-0.39, 0.29) is 5.69 Å². The second kappa shape index (κ2) is 2.56. The maximum absolute atomic E-state index is 10.8. The Bertz CT molecular complexity index is 385. The summed E-state index contributed by atoms with van der Waals surface area (Å²) in [4.78, 5) is 16.9. The van der Waals surface area contributed by atoms with Gasteiger partial charge >= 0.3 is 5.69 Å². The van der Waals surface area contributed by atoms with Crippen LogP contribution in [0.4, 0.5) is 5.82 Å². The van der Waals surface area contributed by atoms with Gasteiger partial charge in [-0.05, 0) is 12.2 Å². The maximum Gasteiger partial charge on any atom is 0.346 e. The van der Waals surface area contributed by atoms with Crippen LogP contribution in [-0.4, -0.2) is 15.1 Å². The highest BCUT2D eigenvalue weighted by Gasteiger charge is 2.11. The first-order chi connectivity index (χ1) is 5.75. The number of thiocarbonyl (C=S) groups is 1. The van der Waals surface area contributed by atoms with E-state index >= 15 is 0 Å². The fourth-order valence-electron chi connectivity index (χ4n) is 0.999. The Balaban J connectivity index is 2.50. The predicted molar refractivity (Wildman–Crippen MR) is 47.9 cm³/mol. The minimum atomic E-state index is -0.369. The van der Waals surface area contributed by atoms with E-state index in [4.69, 9.17) is 12.2 Å². The van der Waals surface area contributed by atoms with Gasteiger partial charge in [-0.25, -0.2) is 9.78 Å². The Labute approximate surface area is 73.2 Å². The van der Waals surface area contributed by atoms with E-state index in [9.17, 15) is 4.79 Å². The summed E-state index contributed by atoms with van der Waals surface area (Å²) in [5, 5.41) is 6.26. The van der Waals surface area contributed by atoms with E-state index in [1.165, 1.54) is 6.20 Å². The normalized spacial score (nSPS) is 14.5. The number of aromatic nitrogens is 2. The number of anilines is 1. The van der Waals surface area contributed by atoms with Crippen molar-refractivity contribution in [2.45, 2.75) is 6.54 Å². The van der Waals surface area contributed by atoms with Crippen LogP contribution in [0.25, 0.3) is 0 Å². The third-order valence-electron chi connectivity index (χ3n) is 1.57. The first-order valence-electron chi connectivity index (χ1n) is 3.39. The highest BCUT2D eigenvalue weighted by Crippen LogP contribution is 2.11. The molecule has 0 amide bonds. The number of hydrogen-bond acceptors (Lipinski definition) is 3. The highest BCUT2D eigenvalue weighted by molar-refractivity contribution is 7.80. The molecule has 62 valence electrons. The minimum Gasteiger partial charge on any atom is -0.358 e. The zero-order valence-electron chi connectivity index (χ0n) is 6.05. The molecular weight excluding hydrogens is 176 g/mol. The summed E-state index contributed by atoms with van der Waals surface area (Å²) in [5.41, 5.74) is 0.536. The SMILES string of the molecule is O=c1ncc2c([nH]1)NC(=S)NC2. The Morgan fingerprint density at radius 1 is 1.58 bits per heavy atom. The fourth-order valence-corrected chi connectivity index (χ4v) is 1.17. The Morgan fingerprint density at radius 2 is 2.42 bits per heavy atom. The first-order valence-corrected chi connectivity index (χ1v) is 3.79. The summed E-state index contributed by atoms with van der Waals surface area (Å²) in [6.45, 7) is 0.602. The molecule has 6 heteroatoms. The molecule has 1 aliphatic heterocycles. The number of rotatable bonds is 0. The standard InChI is InChI=1S/C6H6N4OS/c11-5-7-1-3-2-8-6(12)10-4(3)9-5/h1H,2H2,(H3,7,8,9,10,11,12). The van der Waals surface area contributed by atoms with E-state index in [1.54, 1.807) is 0 Å². The summed E-state index contributed by atoms with van der Waals surface area (Å²) in [5.74, 6) is 0.638. The molecule has 12 heavy (non-hydrogen) atoms. The molecule has 0 spiro atoms. The molecule has 0 atom stereocenters. The van der Waals surface area contributed by atoms with E-state index in [0.29, 0.717) is 17.5 Å².